The van der Waals surface area contributed by atoms with E-state index in [1.807, 2.05) is 44.2 Å². The molecule has 0 aliphatic heterocycles. The maximum absolute atomic E-state index is 12.1. The third-order valence-corrected chi connectivity index (χ3v) is 3.79. The minimum atomic E-state index is 0.152. The van der Waals surface area contributed by atoms with Crippen LogP contribution in [0.4, 0.5) is 0 Å². The van der Waals surface area contributed by atoms with Crippen LogP contribution in [-0.4, -0.2) is 5.48 Å². The molecule has 17 heavy (non-hydrogen) atoms. The first kappa shape index (κ1) is 12.0. The highest BCUT2D eigenvalue weighted by Crippen LogP contribution is 2.10. The molecule has 0 heterocycles. The van der Waals surface area contributed by atoms with Crippen molar-refractivity contribution < 1.29 is 5.11 Å². The van der Waals surface area contributed by atoms with Crippen LogP contribution in [0.5, 0.6) is 0 Å². The molecule has 2 rings (SSSR count). The first-order chi connectivity index (χ1) is 8.16. The molecule has 0 unspecified atom stereocenters. The highest BCUT2D eigenvalue weighted by molar-refractivity contribution is 7.49. The van der Waals surface area contributed by atoms with Crippen molar-refractivity contribution in [2.45, 2.75) is 13.8 Å². The van der Waals surface area contributed by atoms with Gasteiger partial charge in [-0.2, -0.15) is 0 Å². The molecule has 0 aromatic heterocycles. The highest BCUT2D eigenvalue weighted by Gasteiger charge is 1.96. The molecule has 2 aromatic carbocycles. The quantitative estimate of drug-likeness (QED) is 0.740. The summed E-state index contributed by atoms with van der Waals surface area (Å²) >= 11 is 0. The lowest BCUT2D eigenvalue weighted by molar-refractivity contribution is -0.207. The van der Waals surface area contributed by atoms with Crippen LogP contribution in [0.1, 0.15) is 16.7 Å². The molecule has 0 saturated heterocycles. The van der Waals surface area contributed by atoms with E-state index in [9.17, 15) is 5.11 Å². The Labute approximate surface area is 104 Å². The zero-order chi connectivity index (χ0) is 12.3. The molecule has 0 bridgehead atoms. The van der Waals surface area contributed by atoms with E-state index in [2.05, 4.69) is 18.2 Å². The summed E-state index contributed by atoms with van der Waals surface area (Å²) in [5.74, 6) is 0. The van der Waals surface area contributed by atoms with Gasteiger partial charge in [-0.1, -0.05) is 56.2 Å². The van der Waals surface area contributed by atoms with E-state index in [-0.39, 0.29) is 5.48 Å². The van der Waals surface area contributed by atoms with Crippen molar-refractivity contribution in [3.8, 4) is 0 Å². The summed E-state index contributed by atoms with van der Waals surface area (Å²) in [7, 11) is 0.755. The summed E-state index contributed by atoms with van der Waals surface area (Å²) in [6.07, 6.45) is 0. The summed E-state index contributed by atoms with van der Waals surface area (Å²) in [6, 6.07) is 15.7. The standard InChI is InChI=1S/C15H15OP/c1-11-8-9-12(2)14(10-11)17-15(16)13-6-4-3-5-7-13/h3-10,16H,1-2H3/p-1. The molecule has 86 valence electrons. The predicted octanol–water partition coefficient (Wildman–Crippen LogP) is 2.41. The fourth-order valence-electron chi connectivity index (χ4n) is 1.59. The third-order valence-electron chi connectivity index (χ3n) is 2.61. The van der Waals surface area contributed by atoms with Crippen LogP contribution < -0.4 is 10.4 Å². The fraction of sp³-hybridized carbons (Fsp3) is 0.133. The summed E-state index contributed by atoms with van der Waals surface area (Å²) in [6.45, 7) is 4.09. The van der Waals surface area contributed by atoms with Crippen molar-refractivity contribution in [1.29, 1.82) is 0 Å². The van der Waals surface area contributed by atoms with Gasteiger partial charge in [0.05, 0.1) is 0 Å². The fourth-order valence-corrected chi connectivity index (χ4v) is 2.61. The van der Waals surface area contributed by atoms with Crippen LogP contribution in [0, 0.1) is 13.8 Å². The van der Waals surface area contributed by atoms with Gasteiger partial charge in [-0.25, -0.2) is 0 Å². The van der Waals surface area contributed by atoms with Crippen molar-refractivity contribution in [2.24, 2.45) is 0 Å². The largest absolute Gasteiger partial charge is 0.823 e. The van der Waals surface area contributed by atoms with Crippen LogP contribution in [0.15, 0.2) is 48.5 Å². The summed E-state index contributed by atoms with van der Waals surface area (Å²) in [4.78, 5) is 0. The van der Waals surface area contributed by atoms with Crippen LogP contribution in [-0.2, 0) is 0 Å². The second-order valence-electron chi connectivity index (χ2n) is 4.07. The maximum atomic E-state index is 12.1. The van der Waals surface area contributed by atoms with Crippen LogP contribution >= 0.6 is 8.20 Å². The van der Waals surface area contributed by atoms with E-state index in [0.29, 0.717) is 0 Å². The van der Waals surface area contributed by atoms with Gasteiger partial charge in [-0.05, 0) is 31.0 Å². The van der Waals surface area contributed by atoms with E-state index < -0.39 is 0 Å². The van der Waals surface area contributed by atoms with Gasteiger partial charge in [0, 0.05) is 5.30 Å². The highest BCUT2D eigenvalue weighted by atomic mass is 31.1. The molecule has 0 fully saturated rings. The van der Waals surface area contributed by atoms with E-state index in [4.69, 9.17) is 0 Å². The zero-order valence-corrected chi connectivity index (χ0v) is 10.9. The maximum Gasteiger partial charge on any atom is 0.00400 e. The molecule has 0 N–H and O–H groups in total. The van der Waals surface area contributed by atoms with E-state index in [1.54, 1.807) is 0 Å². The average molecular weight is 241 g/mol. The first-order valence-corrected chi connectivity index (χ1v) is 6.44. The Morgan fingerprint density at radius 3 is 2.41 bits per heavy atom. The molecule has 0 radical (unpaired) electrons. The monoisotopic (exact) mass is 241 g/mol. The molecule has 0 amide bonds. The van der Waals surface area contributed by atoms with E-state index in [0.717, 1.165) is 19.1 Å². The summed E-state index contributed by atoms with van der Waals surface area (Å²) < 4.78 is 0. The molecular formula is C15H14OP-. The molecule has 2 heteroatoms. The lowest BCUT2D eigenvalue weighted by Gasteiger charge is -2.12. The Balaban J connectivity index is 2.39. The normalized spacial score (nSPS) is 11.6. The summed E-state index contributed by atoms with van der Waals surface area (Å²) in [5.41, 5.74) is 3.29. The van der Waals surface area contributed by atoms with Gasteiger partial charge in [0.1, 0.15) is 0 Å². The minimum Gasteiger partial charge on any atom is -0.823 e. The van der Waals surface area contributed by atoms with Gasteiger partial charge in [0.15, 0.2) is 0 Å². The second-order valence-corrected chi connectivity index (χ2v) is 5.18. The molecule has 2 aromatic rings. The van der Waals surface area contributed by atoms with Gasteiger partial charge >= 0.3 is 0 Å². The molecule has 1 nitrogen and oxygen atoms in total. The Hall–Kier alpha value is -1.43. The number of hydrogen-bond acceptors (Lipinski definition) is 1. The first-order valence-electron chi connectivity index (χ1n) is 5.55. The topological polar surface area (TPSA) is 23.1 Å². The Morgan fingerprint density at radius 2 is 1.71 bits per heavy atom. The Bertz CT molecular complexity index is 544. The van der Waals surface area contributed by atoms with Gasteiger partial charge in [0.25, 0.3) is 0 Å². The molecule has 0 atom stereocenters. The lowest BCUT2D eigenvalue weighted by atomic mass is 10.2. The lowest BCUT2D eigenvalue weighted by Crippen LogP contribution is -2.18. The van der Waals surface area contributed by atoms with Crippen LogP contribution in [0.2, 0.25) is 0 Å². The van der Waals surface area contributed by atoms with Gasteiger partial charge < -0.3 is 5.11 Å². The molecule has 0 aliphatic rings. The average Bonchev–Trinajstić information content (AvgIpc) is 2.35. The van der Waals surface area contributed by atoms with Crippen molar-refractivity contribution in [2.75, 3.05) is 0 Å². The molecular weight excluding hydrogens is 227 g/mol. The number of rotatable bonds is 2. The predicted molar refractivity (Wildman–Crippen MR) is 73.0 cm³/mol. The summed E-state index contributed by atoms with van der Waals surface area (Å²) in [5, 5.41) is 13.2. The zero-order valence-electron chi connectivity index (χ0n) is 9.97. The van der Waals surface area contributed by atoms with Crippen LogP contribution in [0.25, 0.3) is 0 Å². The van der Waals surface area contributed by atoms with Gasteiger partial charge in [-0.3, -0.25) is 0 Å². The van der Waals surface area contributed by atoms with Gasteiger partial charge in [-0.15, -0.1) is 5.48 Å². The smallest absolute Gasteiger partial charge is 0.00400 e. The molecule has 0 aliphatic carbocycles. The van der Waals surface area contributed by atoms with Crippen molar-refractivity contribution in [1.82, 2.24) is 0 Å². The van der Waals surface area contributed by atoms with Crippen molar-refractivity contribution in [3.63, 3.8) is 0 Å². The molecule has 0 saturated carbocycles. The van der Waals surface area contributed by atoms with Gasteiger partial charge in [0.2, 0.25) is 0 Å². The number of benzene rings is 2. The Kier molecular flexibility index (Phi) is 3.73. The second kappa shape index (κ2) is 5.27. The SMILES string of the molecule is Cc1ccc(C)c(P=C([O-])c2ccccc2)c1. The van der Waals surface area contributed by atoms with E-state index >= 15 is 0 Å². The number of hydrogen-bond donors (Lipinski definition) is 0. The Morgan fingerprint density at radius 1 is 1.00 bits per heavy atom. The van der Waals surface area contributed by atoms with E-state index in [1.165, 1.54) is 11.1 Å². The van der Waals surface area contributed by atoms with Crippen molar-refractivity contribution >= 4 is 19.0 Å². The molecule has 0 spiro atoms. The van der Waals surface area contributed by atoms with Crippen LogP contribution in [0.3, 0.4) is 0 Å². The van der Waals surface area contributed by atoms with Crippen molar-refractivity contribution in [3.05, 3.63) is 65.2 Å². The third kappa shape index (κ3) is 3.03. The minimum absolute atomic E-state index is 0.152. The number of aryl methyl sites for hydroxylation is 2.